The summed E-state index contributed by atoms with van der Waals surface area (Å²) in [6.07, 6.45) is 3.46. The topological polar surface area (TPSA) is 105 Å². The van der Waals surface area contributed by atoms with Gasteiger partial charge in [-0.2, -0.15) is 0 Å². The Morgan fingerprint density at radius 2 is 1.28 bits per heavy atom. The van der Waals surface area contributed by atoms with Crippen LogP contribution < -0.4 is 11.5 Å². The van der Waals surface area contributed by atoms with Crippen LogP contribution in [0.4, 0.5) is 0 Å². The molecule has 6 nitrogen and oxygen atoms in total. The zero-order valence-corrected chi connectivity index (χ0v) is 10.9. The zero-order chi connectivity index (χ0) is 14.0. The summed E-state index contributed by atoms with van der Waals surface area (Å²) in [4.78, 5) is 22.3. The molecule has 0 saturated heterocycles. The Balaban J connectivity index is 3.85. The zero-order valence-electron chi connectivity index (χ0n) is 10.9. The smallest absolute Gasteiger partial charge is 0.331 e. The van der Waals surface area contributed by atoms with E-state index in [1.54, 1.807) is 0 Å². The largest absolute Gasteiger partial charge is 0.461 e. The number of hydrogen-bond acceptors (Lipinski definition) is 6. The number of carbonyl (C=O) groups excluding carboxylic acids is 2. The summed E-state index contributed by atoms with van der Waals surface area (Å²) in [5.74, 6) is -1.23. The third-order valence-corrected chi connectivity index (χ3v) is 2.28. The molecular weight excluding hydrogens is 236 g/mol. The minimum atomic E-state index is -0.615. The van der Waals surface area contributed by atoms with Gasteiger partial charge in [0, 0.05) is 24.2 Å². The molecule has 0 aliphatic carbocycles. The Bertz CT molecular complexity index is 264. The van der Waals surface area contributed by atoms with Crippen molar-refractivity contribution < 1.29 is 19.1 Å². The molecule has 0 aromatic rings. The van der Waals surface area contributed by atoms with Gasteiger partial charge in [-0.15, -0.1) is 0 Å². The lowest BCUT2D eigenvalue weighted by molar-refractivity contribution is -0.141. The van der Waals surface area contributed by atoms with Gasteiger partial charge in [-0.3, -0.25) is 0 Å². The number of esters is 2. The molecule has 0 fully saturated rings. The Labute approximate surface area is 107 Å². The monoisotopic (exact) mass is 258 g/mol. The van der Waals surface area contributed by atoms with E-state index in [0.717, 1.165) is 12.2 Å². The van der Waals surface area contributed by atoms with E-state index in [-0.39, 0.29) is 25.3 Å². The van der Waals surface area contributed by atoms with E-state index in [1.165, 1.54) is 0 Å². The van der Waals surface area contributed by atoms with E-state index in [4.69, 9.17) is 20.9 Å². The molecule has 0 radical (unpaired) electrons. The third-order valence-electron chi connectivity index (χ3n) is 2.28. The van der Waals surface area contributed by atoms with Crippen LogP contribution in [0.5, 0.6) is 0 Å². The van der Waals surface area contributed by atoms with Gasteiger partial charge in [0.05, 0.1) is 0 Å². The Hall–Kier alpha value is -1.40. The van der Waals surface area contributed by atoms with Crippen molar-refractivity contribution in [2.45, 2.75) is 38.8 Å². The fourth-order valence-electron chi connectivity index (χ4n) is 0.846. The van der Waals surface area contributed by atoms with Crippen molar-refractivity contribution in [3.63, 3.8) is 0 Å². The molecule has 0 bridgehead atoms. The minimum Gasteiger partial charge on any atom is -0.461 e. The van der Waals surface area contributed by atoms with E-state index in [2.05, 4.69) is 0 Å². The molecule has 4 N–H and O–H groups in total. The van der Waals surface area contributed by atoms with Gasteiger partial charge in [0.15, 0.2) is 0 Å². The van der Waals surface area contributed by atoms with Gasteiger partial charge >= 0.3 is 11.9 Å². The Morgan fingerprint density at radius 3 is 1.56 bits per heavy atom. The third kappa shape index (κ3) is 8.72. The minimum absolute atomic E-state index is 0.134. The molecule has 0 spiro atoms. The average Bonchev–Trinajstić information content (AvgIpc) is 2.39. The number of rotatable bonds is 8. The van der Waals surface area contributed by atoms with Crippen molar-refractivity contribution in [2.75, 3.05) is 13.2 Å². The van der Waals surface area contributed by atoms with Crippen molar-refractivity contribution in [3.8, 4) is 0 Å². The molecule has 0 aliphatic heterocycles. The van der Waals surface area contributed by atoms with Crippen LogP contribution in [-0.2, 0) is 19.1 Å². The molecule has 104 valence electrons. The van der Waals surface area contributed by atoms with Gasteiger partial charge in [-0.1, -0.05) is 13.8 Å². The van der Waals surface area contributed by atoms with Crippen molar-refractivity contribution in [1.29, 1.82) is 0 Å². The maximum atomic E-state index is 11.2. The van der Waals surface area contributed by atoms with Crippen molar-refractivity contribution in [3.05, 3.63) is 12.2 Å². The highest BCUT2D eigenvalue weighted by atomic mass is 16.5. The summed E-state index contributed by atoms with van der Waals surface area (Å²) in [7, 11) is 0. The molecule has 18 heavy (non-hydrogen) atoms. The first kappa shape index (κ1) is 16.6. The highest BCUT2D eigenvalue weighted by molar-refractivity contribution is 5.91. The van der Waals surface area contributed by atoms with Crippen molar-refractivity contribution >= 4 is 11.9 Å². The normalized spacial score (nSPS) is 14.2. The highest BCUT2D eigenvalue weighted by Gasteiger charge is 2.05. The lowest BCUT2D eigenvalue weighted by Gasteiger charge is -2.08. The second-order valence-electron chi connectivity index (χ2n) is 3.93. The maximum Gasteiger partial charge on any atom is 0.331 e. The molecule has 0 saturated carbocycles. The second kappa shape index (κ2) is 9.61. The molecule has 6 heteroatoms. The van der Waals surface area contributed by atoms with E-state index in [9.17, 15) is 9.59 Å². The van der Waals surface area contributed by atoms with Gasteiger partial charge in [0.25, 0.3) is 0 Å². The van der Waals surface area contributed by atoms with Crippen molar-refractivity contribution in [2.24, 2.45) is 11.5 Å². The standard InChI is InChI=1S/C12H22N2O4/c1-3-9(13)7-17-11(15)5-6-12(16)18-8-10(14)4-2/h5-6,9-10H,3-4,7-8,13-14H2,1-2H3/b6-5-. The second-order valence-corrected chi connectivity index (χ2v) is 3.93. The van der Waals surface area contributed by atoms with Crippen LogP contribution in [0.15, 0.2) is 12.2 Å². The molecule has 0 aliphatic rings. The fraction of sp³-hybridized carbons (Fsp3) is 0.667. The van der Waals surface area contributed by atoms with E-state index >= 15 is 0 Å². The first-order valence-corrected chi connectivity index (χ1v) is 6.02. The fourth-order valence-corrected chi connectivity index (χ4v) is 0.846. The van der Waals surface area contributed by atoms with Crippen LogP contribution in [0.2, 0.25) is 0 Å². The number of carbonyl (C=O) groups is 2. The Kier molecular flexibility index (Phi) is 8.86. The van der Waals surface area contributed by atoms with Crippen LogP contribution in [0.1, 0.15) is 26.7 Å². The summed E-state index contributed by atoms with van der Waals surface area (Å²) >= 11 is 0. The molecule has 2 unspecified atom stereocenters. The van der Waals surface area contributed by atoms with Gasteiger partial charge in [-0.25, -0.2) is 9.59 Å². The molecule has 0 amide bonds. The highest BCUT2D eigenvalue weighted by Crippen LogP contribution is 1.92. The van der Waals surface area contributed by atoms with E-state index in [0.29, 0.717) is 12.8 Å². The number of hydrogen-bond donors (Lipinski definition) is 2. The van der Waals surface area contributed by atoms with Gasteiger partial charge in [0.1, 0.15) is 13.2 Å². The molecule has 2 atom stereocenters. The number of ether oxygens (including phenoxy) is 2. The predicted molar refractivity (Wildman–Crippen MR) is 67.6 cm³/mol. The van der Waals surface area contributed by atoms with Crippen molar-refractivity contribution in [1.82, 2.24) is 0 Å². The summed E-state index contributed by atoms with van der Waals surface area (Å²) in [5, 5.41) is 0. The molecule has 0 aromatic carbocycles. The molecule has 0 aromatic heterocycles. The van der Waals surface area contributed by atoms with Crippen LogP contribution in [0.3, 0.4) is 0 Å². The molecular formula is C12H22N2O4. The van der Waals surface area contributed by atoms with Crippen LogP contribution in [0.25, 0.3) is 0 Å². The molecule has 0 rings (SSSR count). The lowest BCUT2D eigenvalue weighted by Crippen LogP contribution is -2.27. The SMILES string of the molecule is CCC(N)COC(=O)/C=C\C(=O)OCC(N)CC. The van der Waals surface area contributed by atoms with E-state index < -0.39 is 11.9 Å². The van der Waals surface area contributed by atoms with Crippen LogP contribution in [-0.4, -0.2) is 37.2 Å². The van der Waals surface area contributed by atoms with Crippen LogP contribution >= 0.6 is 0 Å². The van der Waals surface area contributed by atoms with E-state index in [1.807, 2.05) is 13.8 Å². The van der Waals surface area contributed by atoms with Gasteiger partial charge < -0.3 is 20.9 Å². The summed E-state index contributed by atoms with van der Waals surface area (Å²) < 4.78 is 9.62. The predicted octanol–water partition coefficient (Wildman–Crippen LogP) is 0.104. The summed E-state index contributed by atoms with van der Waals surface area (Å²) in [6, 6.07) is -0.367. The maximum absolute atomic E-state index is 11.2. The average molecular weight is 258 g/mol. The summed E-state index contributed by atoms with van der Waals surface area (Å²) in [6.45, 7) is 4.05. The molecule has 0 heterocycles. The summed E-state index contributed by atoms with van der Waals surface area (Å²) in [5.41, 5.74) is 11.1. The van der Waals surface area contributed by atoms with Gasteiger partial charge in [0.2, 0.25) is 0 Å². The Morgan fingerprint density at radius 1 is 0.944 bits per heavy atom. The lowest BCUT2D eigenvalue weighted by atomic mass is 10.3. The first-order chi connectivity index (χ1) is 8.49. The van der Waals surface area contributed by atoms with Gasteiger partial charge in [-0.05, 0) is 12.8 Å². The number of nitrogens with two attached hydrogens (primary N) is 2. The van der Waals surface area contributed by atoms with Crippen LogP contribution in [0, 0.1) is 0 Å². The quantitative estimate of drug-likeness (QED) is 0.472. The first-order valence-electron chi connectivity index (χ1n) is 6.02.